The first kappa shape index (κ1) is 5.96. The summed E-state index contributed by atoms with van der Waals surface area (Å²) in [5, 5.41) is 4.03. The third-order valence-electron chi connectivity index (χ3n) is 2.23. The minimum atomic E-state index is 0.992. The van der Waals surface area contributed by atoms with Gasteiger partial charge in [-0.3, -0.25) is 0 Å². The maximum absolute atomic E-state index is 4.03. The van der Waals surface area contributed by atoms with E-state index < -0.39 is 0 Å². The highest BCUT2D eigenvalue weighted by Gasteiger charge is 2.12. The van der Waals surface area contributed by atoms with E-state index in [0.29, 0.717) is 0 Å². The normalized spacial score (nSPS) is 24.0. The molecule has 0 saturated heterocycles. The maximum Gasteiger partial charge on any atom is 0.0546 e. The Hall–Kier alpha value is -0.790. The Labute approximate surface area is 61.0 Å². The third-order valence-corrected chi connectivity index (χ3v) is 2.23. The summed E-state index contributed by atoms with van der Waals surface area (Å²) in [7, 11) is 0. The number of allylic oxidation sites excluding steroid dienone is 1. The van der Waals surface area contributed by atoms with Crippen molar-refractivity contribution in [2.24, 2.45) is 5.10 Å². The predicted octanol–water partition coefficient (Wildman–Crippen LogP) is 1.45. The molecule has 2 nitrogen and oxygen atoms in total. The van der Waals surface area contributed by atoms with E-state index in [2.05, 4.69) is 10.5 Å². The zero-order chi connectivity index (χ0) is 6.81. The van der Waals surface area contributed by atoms with Gasteiger partial charge in [0.25, 0.3) is 0 Å². The Morgan fingerprint density at radius 1 is 1.30 bits per heavy atom. The van der Waals surface area contributed by atoms with Crippen molar-refractivity contribution >= 4 is 6.21 Å². The first-order valence-corrected chi connectivity index (χ1v) is 3.93. The van der Waals surface area contributed by atoms with Crippen LogP contribution in [0.15, 0.2) is 16.2 Å². The number of nitrogens with one attached hydrogen (secondary N) is 1. The standard InChI is InChI=1S/C8H12N2/c1-2-4-8-6-10-9-5-7(8)3-1/h5,10H,1-4,6H2. The molecule has 0 fully saturated rings. The Morgan fingerprint density at radius 3 is 3.10 bits per heavy atom. The Bertz CT molecular complexity index is 191. The van der Waals surface area contributed by atoms with Crippen molar-refractivity contribution in [1.29, 1.82) is 0 Å². The van der Waals surface area contributed by atoms with Gasteiger partial charge in [-0.05, 0) is 36.8 Å². The molecule has 0 bridgehead atoms. The molecule has 10 heavy (non-hydrogen) atoms. The summed E-state index contributed by atoms with van der Waals surface area (Å²) in [6.45, 7) is 0.992. The zero-order valence-electron chi connectivity index (χ0n) is 6.06. The van der Waals surface area contributed by atoms with Crippen LogP contribution in [0, 0.1) is 0 Å². The molecule has 2 heteroatoms. The summed E-state index contributed by atoms with van der Waals surface area (Å²) in [5.41, 5.74) is 6.07. The highest BCUT2D eigenvalue weighted by atomic mass is 15.3. The molecule has 0 spiro atoms. The molecule has 0 aromatic rings. The molecule has 54 valence electrons. The maximum atomic E-state index is 4.03. The lowest BCUT2D eigenvalue weighted by molar-refractivity contribution is 0.639. The molecule has 0 atom stereocenters. The molecule has 1 aliphatic heterocycles. The van der Waals surface area contributed by atoms with Gasteiger partial charge in [-0.2, -0.15) is 5.10 Å². The lowest BCUT2D eigenvalue weighted by Crippen LogP contribution is -2.19. The molecule has 1 heterocycles. The van der Waals surface area contributed by atoms with E-state index in [9.17, 15) is 0 Å². The van der Waals surface area contributed by atoms with Crippen LogP contribution in [0.1, 0.15) is 25.7 Å². The lowest BCUT2D eigenvalue weighted by atomic mass is 9.92. The molecule has 0 aromatic heterocycles. The molecule has 0 amide bonds. The fraction of sp³-hybridized carbons (Fsp3) is 0.625. The topological polar surface area (TPSA) is 24.4 Å². The van der Waals surface area contributed by atoms with Gasteiger partial charge >= 0.3 is 0 Å². The van der Waals surface area contributed by atoms with Gasteiger partial charge < -0.3 is 5.43 Å². The van der Waals surface area contributed by atoms with E-state index >= 15 is 0 Å². The van der Waals surface area contributed by atoms with E-state index in [0.717, 1.165) is 6.54 Å². The SMILES string of the molecule is C1=NNCC2=C1CCCC2. The molecule has 2 rings (SSSR count). The number of hydrogen-bond acceptors (Lipinski definition) is 2. The smallest absolute Gasteiger partial charge is 0.0546 e. The van der Waals surface area contributed by atoms with E-state index in [1.165, 1.54) is 31.3 Å². The van der Waals surface area contributed by atoms with Crippen LogP contribution in [0.3, 0.4) is 0 Å². The molecule has 0 radical (unpaired) electrons. The van der Waals surface area contributed by atoms with Crippen molar-refractivity contribution in [1.82, 2.24) is 5.43 Å². The zero-order valence-corrected chi connectivity index (χ0v) is 6.06. The largest absolute Gasteiger partial charge is 0.306 e. The lowest BCUT2D eigenvalue weighted by Gasteiger charge is -2.20. The summed E-state index contributed by atoms with van der Waals surface area (Å²) in [5.74, 6) is 0. The molecular formula is C8H12N2. The van der Waals surface area contributed by atoms with Gasteiger partial charge in [0.2, 0.25) is 0 Å². The quantitative estimate of drug-likeness (QED) is 0.535. The molecular weight excluding hydrogens is 124 g/mol. The number of hydrazone groups is 1. The fourth-order valence-electron chi connectivity index (χ4n) is 1.61. The Morgan fingerprint density at radius 2 is 2.20 bits per heavy atom. The molecule has 1 aliphatic carbocycles. The fourth-order valence-corrected chi connectivity index (χ4v) is 1.61. The van der Waals surface area contributed by atoms with Crippen LogP contribution in [0.4, 0.5) is 0 Å². The summed E-state index contributed by atoms with van der Waals surface area (Å²) in [4.78, 5) is 0. The van der Waals surface area contributed by atoms with Crippen LogP contribution < -0.4 is 5.43 Å². The van der Waals surface area contributed by atoms with Crippen LogP contribution in [0.25, 0.3) is 0 Å². The van der Waals surface area contributed by atoms with E-state index in [4.69, 9.17) is 0 Å². The minimum Gasteiger partial charge on any atom is -0.306 e. The van der Waals surface area contributed by atoms with E-state index in [-0.39, 0.29) is 0 Å². The van der Waals surface area contributed by atoms with Gasteiger partial charge in [0.15, 0.2) is 0 Å². The molecule has 1 N–H and O–H groups in total. The number of hydrogen-bond donors (Lipinski definition) is 1. The van der Waals surface area contributed by atoms with Gasteiger partial charge in [-0.1, -0.05) is 0 Å². The second-order valence-electron chi connectivity index (χ2n) is 2.93. The summed E-state index contributed by atoms with van der Waals surface area (Å²) in [6.07, 6.45) is 7.24. The summed E-state index contributed by atoms with van der Waals surface area (Å²) in [6, 6.07) is 0. The summed E-state index contributed by atoms with van der Waals surface area (Å²) >= 11 is 0. The predicted molar refractivity (Wildman–Crippen MR) is 42.0 cm³/mol. The first-order chi connectivity index (χ1) is 4.97. The minimum absolute atomic E-state index is 0.992. The van der Waals surface area contributed by atoms with Gasteiger partial charge in [0.1, 0.15) is 0 Å². The Kier molecular flexibility index (Phi) is 1.46. The second kappa shape index (κ2) is 2.45. The van der Waals surface area contributed by atoms with Crippen LogP contribution >= 0.6 is 0 Å². The van der Waals surface area contributed by atoms with Crippen LogP contribution in [-0.4, -0.2) is 12.8 Å². The molecule has 0 aromatic carbocycles. The summed E-state index contributed by atoms with van der Waals surface area (Å²) < 4.78 is 0. The first-order valence-electron chi connectivity index (χ1n) is 3.93. The number of rotatable bonds is 0. The van der Waals surface area contributed by atoms with Crippen molar-refractivity contribution < 1.29 is 0 Å². The Balaban J connectivity index is 2.23. The molecule has 2 aliphatic rings. The third kappa shape index (κ3) is 0.939. The van der Waals surface area contributed by atoms with Crippen molar-refractivity contribution in [3.05, 3.63) is 11.1 Å². The van der Waals surface area contributed by atoms with Crippen molar-refractivity contribution in [2.45, 2.75) is 25.7 Å². The van der Waals surface area contributed by atoms with Gasteiger partial charge in [0.05, 0.1) is 6.54 Å². The average Bonchev–Trinajstić information content (AvgIpc) is 2.05. The van der Waals surface area contributed by atoms with Crippen LogP contribution in [0.5, 0.6) is 0 Å². The van der Waals surface area contributed by atoms with Gasteiger partial charge in [0, 0.05) is 6.21 Å². The monoisotopic (exact) mass is 136 g/mol. The van der Waals surface area contributed by atoms with Crippen molar-refractivity contribution in [3.8, 4) is 0 Å². The second-order valence-corrected chi connectivity index (χ2v) is 2.93. The van der Waals surface area contributed by atoms with Crippen molar-refractivity contribution in [3.63, 3.8) is 0 Å². The average molecular weight is 136 g/mol. The van der Waals surface area contributed by atoms with Crippen LogP contribution in [-0.2, 0) is 0 Å². The van der Waals surface area contributed by atoms with E-state index in [1.54, 1.807) is 5.57 Å². The highest BCUT2D eigenvalue weighted by molar-refractivity contribution is 5.80. The van der Waals surface area contributed by atoms with Crippen LogP contribution in [0.2, 0.25) is 0 Å². The highest BCUT2D eigenvalue weighted by Crippen LogP contribution is 2.23. The van der Waals surface area contributed by atoms with Gasteiger partial charge in [-0.15, -0.1) is 0 Å². The van der Waals surface area contributed by atoms with Crippen molar-refractivity contribution in [2.75, 3.05) is 6.54 Å². The molecule has 0 saturated carbocycles. The molecule has 0 unspecified atom stereocenters. The number of nitrogens with zero attached hydrogens (tertiary/aromatic N) is 1. The van der Waals surface area contributed by atoms with E-state index in [1.807, 2.05) is 6.21 Å². The van der Waals surface area contributed by atoms with Gasteiger partial charge in [-0.25, -0.2) is 0 Å².